The third kappa shape index (κ3) is 2.69. The smallest absolute Gasteiger partial charge is 0.255 e. The molecule has 102 valence electrons. The predicted octanol–water partition coefficient (Wildman–Crippen LogP) is 0.334. The Hall–Kier alpha value is -1.66. The summed E-state index contributed by atoms with van der Waals surface area (Å²) < 4.78 is 0. The summed E-state index contributed by atoms with van der Waals surface area (Å²) in [4.78, 5) is 18.7. The van der Waals surface area contributed by atoms with Crippen molar-refractivity contribution in [1.29, 1.82) is 0 Å². The number of likely N-dealkylation sites (tertiary alicyclic amines) is 1. The van der Waals surface area contributed by atoms with Gasteiger partial charge in [-0.2, -0.15) is 0 Å². The molecule has 1 saturated heterocycles. The minimum atomic E-state index is -0.108. The molecule has 4 N–H and O–H groups in total. The van der Waals surface area contributed by atoms with E-state index in [4.69, 9.17) is 5.84 Å². The van der Waals surface area contributed by atoms with Crippen LogP contribution in [0, 0.1) is 0 Å². The van der Waals surface area contributed by atoms with Crippen LogP contribution in [0.15, 0.2) is 18.3 Å². The number of pyridine rings is 1. The fraction of sp³-hybridized carbons (Fsp3) is 0.538. The number of carbonyl (C=O) groups excluding carboxylic acids is 1. The van der Waals surface area contributed by atoms with Gasteiger partial charge in [0.25, 0.3) is 5.91 Å². The Balaban J connectivity index is 1.61. The second kappa shape index (κ2) is 5.14. The Kier molecular flexibility index (Phi) is 3.35. The molecule has 2 fully saturated rings. The number of rotatable bonds is 4. The number of amides is 1. The minimum absolute atomic E-state index is 0.108. The maximum atomic E-state index is 12.2. The minimum Gasteiger partial charge on any atom is -0.348 e. The molecule has 2 heterocycles. The van der Waals surface area contributed by atoms with Crippen molar-refractivity contribution < 1.29 is 4.79 Å². The van der Waals surface area contributed by atoms with Crippen LogP contribution in [0.4, 0.5) is 5.82 Å². The molecule has 1 aliphatic carbocycles. The lowest BCUT2D eigenvalue weighted by atomic mass is 10.2. The number of nitrogens with two attached hydrogens (primary N) is 1. The van der Waals surface area contributed by atoms with Crippen molar-refractivity contribution in [2.75, 3.05) is 18.5 Å². The lowest BCUT2D eigenvalue weighted by Crippen LogP contribution is -2.38. The van der Waals surface area contributed by atoms with Gasteiger partial charge < -0.3 is 10.7 Å². The summed E-state index contributed by atoms with van der Waals surface area (Å²) in [5.41, 5.74) is 2.95. The van der Waals surface area contributed by atoms with Crippen LogP contribution in [0.1, 0.15) is 29.6 Å². The number of nitrogen functional groups attached to an aromatic ring is 1. The molecule has 19 heavy (non-hydrogen) atoms. The second-order valence-corrected chi connectivity index (χ2v) is 5.23. The first-order valence-corrected chi connectivity index (χ1v) is 6.74. The number of carbonyl (C=O) groups is 1. The van der Waals surface area contributed by atoms with Gasteiger partial charge in [-0.25, -0.2) is 10.8 Å². The number of nitrogens with zero attached hydrogens (tertiary/aromatic N) is 2. The standard InChI is InChI=1S/C13H19N5O/c14-17-12-11(2-1-6-15-12)13(19)16-9-5-7-18(8-9)10-3-4-10/h1-2,6,9-10H,3-5,7-8,14H2,(H,15,17)(H,16,19). The largest absolute Gasteiger partial charge is 0.348 e. The third-order valence-corrected chi connectivity index (χ3v) is 3.81. The fourth-order valence-electron chi connectivity index (χ4n) is 2.64. The summed E-state index contributed by atoms with van der Waals surface area (Å²) >= 11 is 0. The van der Waals surface area contributed by atoms with Crippen molar-refractivity contribution in [3.8, 4) is 0 Å². The molecule has 1 atom stereocenters. The molecule has 1 saturated carbocycles. The first kappa shape index (κ1) is 12.4. The maximum absolute atomic E-state index is 12.2. The van der Waals surface area contributed by atoms with Crippen molar-refractivity contribution in [2.45, 2.75) is 31.3 Å². The molecule has 0 spiro atoms. The molecule has 1 aliphatic heterocycles. The number of hydrogen-bond donors (Lipinski definition) is 3. The molecule has 3 rings (SSSR count). The van der Waals surface area contributed by atoms with E-state index in [1.54, 1.807) is 18.3 Å². The number of nitrogens with one attached hydrogen (secondary N) is 2. The van der Waals surface area contributed by atoms with E-state index in [1.807, 2.05) is 0 Å². The quantitative estimate of drug-likeness (QED) is 0.537. The summed E-state index contributed by atoms with van der Waals surface area (Å²) in [6, 6.07) is 4.46. The first-order chi connectivity index (χ1) is 9.28. The molecular weight excluding hydrogens is 242 g/mol. The molecule has 1 aromatic rings. The van der Waals surface area contributed by atoms with Gasteiger partial charge >= 0.3 is 0 Å². The van der Waals surface area contributed by atoms with Crippen LogP contribution >= 0.6 is 0 Å². The van der Waals surface area contributed by atoms with E-state index in [0.717, 1.165) is 25.6 Å². The average molecular weight is 261 g/mol. The molecule has 0 bridgehead atoms. The molecule has 0 radical (unpaired) electrons. The van der Waals surface area contributed by atoms with Crippen molar-refractivity contribution in [3.63, 3.8) is 0 Å². The molecule has 6 nitrogen and oxygen atoms in total. The average Bonchev–Trinajstić information content (AvgIpc) is 3.19. The van der Waals surface area contributed by atoms with Gasteiger partial charge in [-0.05, 0) is 31.4 Å². The SMILES string of the molecule is NNc1ncccc1C(=O)NC1CCN(C2CC2)C1. The highest BCUT2D eigenvalue weighted by molar-refractivity contribution is 5.98. The molecular formula is C13H19N5O. The number of hydrogen-bond acceptors (Lipinski definition) is 5. The Labute approximate surface area is 112 Å². The van der Waals surface area contributed by atoms with Crippen LogP contribution in [0.25, 0.3) is 0 Å². The van der Waals surface area contributed by atoms with Crippen molar-refractivity contribution in [3.05, 3.63) is 23.9 Å². The highest BCUT2D eigenvalue weighted by Gasteiger charge is 2.34. The van der Waals surface area contributed by atoms with Crippen molar-refractivity contribution >= 4 is 11.7 Å². The van der Waals surface area contributed by atoms with Crippen molar-refractivity contribution in [1.82, 2.24) is 15.2 Å². The number of aromatic nitrogens is 1. The van der Waals surface area contributed by atoms with E-state index in [9.17, 15) is 4.79 Å². The van der Waals surface area contributed by atoms with Crippen molar-refractivity contribution in [2.24, 2.45) is 5.84 Å². The monoisotopic (exact) mass is 261 g/mol. The lowest BCUT2D eigenvalue weighted by molar-refractivity contribution is 0.0938. The molecule has 2 aliphatic rings. The summed E-state index contributed by atoms with van der Waals surface area (Å²) in [6.45, 7) is 2.05. The Morgan fingerprint density at radius 3 is 3.00 bits per heavy atom. The zero-order valence-electron chi connectivity index (χ0n) is 10.8. The van der Waals surface area contributed by atoms with Gasteiger partial charge in [-0.1, -0.05) is 0 Å². The number of anilines is 1. The van der Waals surface area contributed by atoms with Crippen LogP contribution in [-0.2, 0) is 0 Å². The van der Waals surface area contributed by atoms with Gasteiger partial charge in [-0.15, -0.1) is 0 Å². The van der Waals surface area contributed by atoms with E-state index in [0.29, 0.717) is 11.4 Å². The lowest BCUT2D eigenvalue weighted by Gasteiger charge is -2.16. The summed E-state index contributed by atoms with van der Waals surface area (Å²) in [5, 5.41) is 3.07. The summed E-state index contributed by atoms with van der Waals surface area (Å²) in [6.07, 6.45) is 5.25. The summed E-state index contributed by atoms with van der Waals surface area (Å²) in [7, 11) is 0. The highest BCUT2D eigenvalue weighted by atomic mass is 16.1. The zero-order chi connectivity index (χ0) is 13.2. The van der Waals surface area contributed by atoms with Gasteiger partial charge in [0, 0.05) is 31.4 Å². The van der Waals surface area contributed by atoms with Gasteiger partial charge in [0.1, 0.15) is 0 Å². The third-order valence-electron chi connectivity index (χ3n) is 3.81. The fourth-order valence-corrected chi connectivity index (χ4v) is 2.64. The normalized spacial score (nSPS) is 23.3. The summed E-state index contributed by atoms with van der Waals surface area (Å²) in [5.74, 6) is 5.67. The van der Waals surface area contributed by atoms with Crippen LogP contribution in [0.3, 0.4) is 0 Å². The van der Waals surface area contributed by atoms with E-state index >= 15 is 0 Å². The van der Waals surface area contributed by atoms with Crippen LogP contribution < -0.4 is 16.6 Å². The molecule has 6 heteroatoms. The Bertz CT molecular complexity index is 474. The molecule has 1 unspecified atom stereocenters. The Morgan fingerprint density at radius 2 is 2.26 bits per heavy atom. The van der Waals surface area contributed by atoms with E-state index in [1.165, 1.54) is 12.8 Å². The predicted molar refractivity (Wildman–Crippen MR) is 72.5 cm³/mol. The van der Waals surface area contributed by atoms with E-state index in [-0.39, 0.29) is 11.9 Å². The van der Waals surface area contributed by atoms with Crippen LogP contribution in [-0.4, -0.2) is 41.0 Å². The van der Waals surface area contributed by atoms with E-state index in [2.05, 4.69) is 20.6 Å². The van der Waals surface area contributed by atoms with Gasteiger partial charge in [0.15, 0.2) is 5.82 Å². The van der Waals surface area contributed by atoms with Crippen LogP contribution in [0.5, 0.6) is 0 Å². The first-order valence-electron chi connectivity index (χ1n) is 6.74. The van der Waals surface area contributed by atoms with Gasteiger partial charge in [0.2, 0.25) is 0 Å². The topological polar surface area (TPSA) is 83.3 Å². The van der Waals surface area contributed by atoms with Gasteiger partial charge in [0.05, 0.1) is 5.56 Å². The number of hydrazine groups is 1. The van der Waals surface area contributed by atoms with E-state index < -0.39 is 0 Å². The Morgan fingerprint density at radius 1 is 1.42 bits per heavy atom. The van der Waals surface area contributed by atoms with Gasteiger partial charge in [-0.3, -0.25) is 9.69 Å². The van der Waals surface area contributed by atoms with Crippen LogP contribution in [0.2, 0.25) is 0 Å². The highest BCUT2D eigenvalue weighted by Crippen LogP contribution is 2.29. The molecule has 1 amide bonds. The molecule has 0 aromatic carbocycles. The second-order valence-electron chi connectivity index (χ2n) is 5.23. The maximum Gasteiger partial charge on any atom is 0.255 e. The molecule has 1 aromatic heterocycles. The zero-order valence-corrected chi connectivity index (χ0v) is 10.8.